The Balaban J connectivity index is 1.49. The van der Waals surface area contributed by atoms with Crippen molar-refractivity contribution in [2.75, 3.05) is 24.5 Å². The van der Waals surface area contributed by atoms with Gasteiger partial charge >= 0.3 is 0 Å². The van der Waals surface area contributed by atoms with Gasteiger partial charge in [-0.15, -0.1) is 0 Å². The monoisotopic (exact) mass is 464 g/mol. The smallest absolute Gasteiger partial charge is 0.254 e. The molecule has 0 N–H and O–H groups in total. The van der Waals surface area contributed by atoms with Gasteiger partial charge in [0.2, 0.25) is 11.8 Å². The lowest BCUT2D eigenvalue weighted by molar-refractivity contribution is 0.0732. The number of ether oxygens (including phenoxy) is 1. The van der Waals surface area contributed by atoms with Crippen molar-refractivity contribution in [1.29, 1.82) is 0 Å². The van der Waals surface area contributed by atoms with Crippen LogP contribution in [0.5, 0.6) is 11.6 Å². The first-order valence-electron chi connectivity index (χ1n) is 11.6. The van der Waals surface area contributed by atoms with Crippen LogP contribution in [0.15, 0.2) is 42.5 Å². The maximum atomic E-state index is 13.8. The Labute approximate surface area is 197 Å². The molecule has 0 unspecified atom stereocenters. The molecule has 6 nitrogen and oxygen atoms in total. The molecule has 1 amide bonds. The van der Waals surface area contributed by atoms with Gasteiger partial charge in [0.15, 0.2) is 11.6 Å². The second kappa shape index (κ2) is 9.37. The summed E-state index contributed by atoms with van der Waals surface area (Å²) in [5.74, 6) is -1.01. The van der Waals surface area contributed by atoms with Crippen molar-refractivity contribution < 1.29 is 18.3 Å². The minimum absolute atomic E-state index is 0.0757. The average Bonchev–Trinajstić information content (AvgIpc) is 2.86. The molecule has 2 aliphatic heterocycles. The molecule has 5 rings (SSSR count). The van der Waals surface area contributed by atoms with Crippen molar-refractivity contribution in [2.45, 2.75) is 39.2 Å². The van der Waals surface area contributed by atoms with Crippen molar-refractivity contribution >= 4 is 11.9 Å². The van der Waals surface area contributed by atoms with E-state index in [0.29, 0.717) is 30.0 Å². The van der Waals surface area contributed by atoms with Crippen LogP contribution in [0.4, 0.5) is 14.7 Å². The maximum absolute atomic E-state index is 13.8. The fourth-order valence-corrected chi connectivity index (χ4v) is 4.48. The highest BCUT2D eigenvalue weighted by Crippen LogP contribution is 2.33. The second-order valence-corrected chi connectivity index (χ2v) is 8.83. The lowest BCUT2D eigenvalue weighted by atomic mass is 10.0. The second-order valence-electron chi connectivity index (χ2n) is 8.83. The third-order valence-corrected chi connectivity index (χ3v) is 6.31. The number of piperidine rings is 1. The van der Waals surface area contributed by atoms with Crippen LogP contribution in [-0.4, -0.2) is 40.4 Å². The summed E-state index contributed by atoms with van der Waals surface area (Å²) >= 11 is 0. The number of rotatable bonds is 4. The van der Waals surface area contributed by atoms with Crippen LogP contribution in [0.3, 0.4) is 0 Å². The van der Waals surface area contributed by atoms with Gasteiger partial charge in [-0.2, -0.15) is 4.98 Å². The number of hydrogen-bond donors (Lipinski definition) is 0. The Morgan fingerprint density at radius 3 is 2.56 bits per heavy atom. The zero-order valence-corrected chi connectivity index (χ0v) is 19.1. The number of halogens is 2. The molecule has 2 aliphatic rings. The van der Waals surface area contributed by atoms with Crippen LogP contribution in [0, 0.1) is 18.6 Å². The summed E-state index contributed by atoms with van der Waals surface area (Å²) in [7, 11) is 0. The van der Waals surface area contributed by atoms with E-state index in [1.165, 1.54) is 12.5 Å². The first kappa shape index (κ1) is 22.3. The molecular weight excluding hydrogens is 438 g/mol. The van der Waals surface area contributed by atoms with Gasteiger partial charge in [-0.25, -0.2) is 13.8 Å². The summed E-state index contributed by atoms with van der Waals surface area (Å²) < 4.78 is 33.2. The fourth-order valence-electron chi connectivity index (χ4n) is 4.48. The maximum Gasteiger partial charge on any atom is 0.254 e. The van der Waals surface area contributed by atoms with Crippen molar-refractivity contribution in [2.24, 2.45) is 0 Å². The number of amides is 1. The molecule has 0 radical (unpaired) electrons. The topological polar surface area (TPSA) is 58.6 Å². The van der Waals surface area contributed by atoms with Gasteiger partial charge in [0.25, 0.3) is 5.91 Å². The van der Waals surface area contributed by atoms with Crippen LogP contribution >= 0.6 is 0 Å². The molecule has 0 spiro atoms. The number of carbonyl (C=O) groups is 1. The molecule has 8 heteroatoms. The van der Waals surface area contributed by atoms with E-state index in [9.17, 15) is 13.6 Å². The van der Waals surface area contributed by atoms with Crippen LogP contribution < -0.4 is 9.64 Å². The van der Waals surface area contributed by atoms with E-state index in [4.69, 9.17) is 9.72 Å². The minimum Gasteiger partial charge on any atom is -0.438 e. The molecule has 3 heterocycles. The van der Waals surface area contributed by atoms with Gasteiger partial charge in [0.1, 0.15) is 5.75 Å². The lowest BCUT2D eigenvalue weighted by Gasteiger charge is -2.32. The number of aromatic nitrogens is 2. The highest BCUT2D eigenvalue weighted by Gasteiger charge is 2.29. The molecular formula is C26H26F2N4O2. The summed E-state index contributed by atoms with van der Waals surface area (Å²) in [5.41, 5.74) is 3.15. The first-order chi connectivity index (χ1) is 16.5. The van der Waals surface area contributed by atoms with Crippen LogP contribution in [0.2, 0.25) is 0 Å². The summed E-state index contributed by atoms with van der Waals surface area (Å²) in [5, 5.41) is 0. The average molecular weight is 465 g/mol. The van der Waals surface area contributed by atoms with Crippen molar-refractivity contribution in [3.8, 4) is 11.6 Å². The van der Waals surface area contributed by atoms with Gasteiger partial charge in [-0.3, -0.25) is 4.79 Å². The molecule has 2 aromatic carbocycles. The van der Waals surface area contributed by atoms with Crippen molar-refractivity contribution in [3.05, 3.63) is 76.5 Å². The van der Waals surface area contributed by atoms with E-state index < -0.39 is 11.6 Å². The molecule has 1 saturated heterocycles. The van der Waals surface area contributed by atoms with Crippen LogP contribution in [-0.2, 0) is 13.0 Å². The van der Waals surface area contributed by atoms with Crippen LogP contribution in [0.25, 0.3) is 0 Å². The Kier molecular flexibility index (Phi) is 6.13. The van der Waals surface area contributed by atoms with Gasteiger partial charge in [-0.1, -0.05) is 17.7 Å². The summed E-state index contributed by atoms with van der Waals surface area (Å²) in [6.45, 7) is 4.48. The quantitative estimate of drug-likeness (QED) is 0.541. The van der Waals surface area contributed by atoms with E-state index in [-0.39, 0.29) is 24.1 Å². The van der Waals surface area contributed by atoms with E-state index in [0.717, 1.165) is 49.3 Å². The van der Waals surface area contributed by atoms with Gasteiger partial charge in [0, 0.05) is 37.7 Å². The van der Waals surface area contributed by atoms with E-state index >= 15 is 0 Å². The summed E-state index contributed by atoms with van der Waals surface area (Å²) in [6, 6.07) is 10.9. The summed E-state index contributed by atoms with van der Waals surface area (Å²) in [4.78, 5) is 26.5. The van der Waals surface area contributed by atoms with Crippen molar-refractivity contribution in [1.82, 2.24) is 14.9 Å². The molecule has 0 aliphatic carbocycles. The third kappa shape index (κ3) is 4.58. The third-order valence-electron chi connectivity index (χ3n) is 6.31. The van der Waals surface area contributed by atoms with E-state index in [1.807, 2.05) is 25.1 Å². The Bertz CT molecular complexity index is 1230. The number of anilines is 1. The molecule has 0 bridgehead atoms. The fraction of sp³-hybridized carbons (Fsp3) is 0.346. The Morgan fingerprint density at radius 2 is 1.79 bits per heavy atom. The number of benzene rings is 2. The van der Waals surface area contributed by atoms with E-state index in [2.05, 4.69) is 9.88 Å². The summed E-state index contributed by atoms with van der Waals surface area (Å²) in [6.07, 6.45) is 3.87. The SMILES string of the molecule is Cc1cccc(C(=O)N2CCc3nc(N4CCCCC4)nc(Oc4ccc(F)c(F)c4)c3C2)c1. The van der Waals surface area contributed by atoms with Gasteiger partial charge < -0.3 is 14.5 Å². The molecule has 1 aromatic heterocycles. The molecule has 3 aromatic rings. The number of carbonyl (C=O) groups excluding carboxylic acids is 1. The molecule has 0 atom stereocenters. The van der Waals surface area contributed by atoms with Gasteiger partial charge in [0.05, 0.1) is 17.8 Å². The normalized spacial score (nSPS) is 15.7. The molecule has 1 fully saturated rings. The highest BCUT2D eigenvalue weighted by atomic mass is 19.2. The van der Waals surface area contributed by atoms with Crippen molar-refractivity contribution in [3.63, 3.8) is 0 Å². The largest absolute Gasteiger partial charge is 0.438 e. The molecule has 0 saturated carbocycles. The highest BCUT2D eigenvalue weighted by molar-refractivity contribution is 5.94. The zero-order valence-electron chi connectivity index (χ0n) is 19.1. The Hall–Kier alpha value is -3.55. The minimum atomic E-state index is -0.993. The number of hydrogen-bond acceptors (Lipinski definition) is 5. The van der Waals surface area contributed by atoms with E-state index in [1.54, 1.807) is 11.0 Å². The zero-order chi connectivity index (χ0) is 23.7. The number of aryl methyl sites for hydroxylation is 1. The molecule has 176 valence electrons. The van der Waals surface area contributed by atoms with Gasteiger partial charge in [-0.05, 0) is 50.5 Å². The predicted molar refractivity (Wildman–Crippen MR) is 124 cm³/mol. The molecule has 34 heavy (non-hydrogen) atoms. The number of nitrogens with zero attached hydrogens (tertiary/aromatic N) is 4. The Morgan fingerprint density at radius 1 is 0.971 bits per heavy atom. The number of fused-ring (bicyclic) bond motifs is 1. The standard InChI is InChI=1S/C26H26F2N4O2/c1-17-6-5-7-18(14-17)25(33)32-13-10-23-20(16-32)24(34-19-8-9-21(27)22(28)15-19)30-26(29-23)31-11-3-2-4-12-31/h5-9,14-15H,2-4,10-13,16H2,1H3. The van der Waals surface area contributed by atoms with Crippen LogP contribution in [0.1, 0.15) is 46.4 Å². The predicted octanol–water partition coefficient (Wildman–Crippen LogP) is 5.04. The first-order valence-corrected chi connectivity index (χ1v) is 11.6. The lowest BCUT2D eigenvalue weighted by Crippen LogP contribution is -2.37.